The summed E-state index contributed by atoms with van der Waals surface area (Å²) in [6, 6.07) is 10.8. The van der Waals surface area contributed by atoms with Crippen LogP contribution in [0.4, 0.5) is 0 Å². The van der Waals surface area contributed by atoms with Gasteiger partial charge in [-0.3, -0.25) is 9.59 Å². The first-order chi connectivity index (χ1) is 12.1. The number of benzene rings is 1. The molecule has 0 radical (unpaired) electrons. The van der Waals surface area contributed by atoms with Crippen LogP contribution in [0, 0.1) is 0 Å². The number of hydrogen-bond acceptors (Lipinski definition) is 4. The molecule has 6 nitrogen and oxygen atoms in total. The summed E-state index contributed by atoms with van der Waals surface area (Å²) in [6.07, 6.45) is 3.93. The molecule has 1 N–H and O–H groups in total. The first-order valence-electron chi connectivity index (χ1n) is 7.94. The van der Waals surface area contributed by atoms with Crippen LogP contribution in [0.1, 0.15) is 28.5 Å². The first-order valence-corrected chi connectivity index (χ1v) is 7.94. The number of nitrogens with zero attached hydrogens (tertiary/aromatic N) is 2. The number of carbonyl (C=O) groups excluding carboxylic acids is 2. The molecule has 128 valence electrons. The van der Waals surface area contributed by atoms with Crippen LogP contribution in [0.15, 0.2) is 48.8 Å². The molecule has 0 aliphatic heterocycles. The van der Waals surface area contributed by atoms with Crippen molar-refractivity contribution in [3.8, 4) is 5.75 Å². The lowest BCUT2D eigenvalue weighted by Gasteiger charge is -2.10. The SMILES string of the molecule is COc1ccc(C(C)=O)cc1CC(=O)NCc1cn2ccccc2n1. The number of ether oxygens (including phenoxy) is 1. The van der Waals surface area contributed by atoms with E-state index in [9.17, 15) is 9.59 Å². The summed E-state index contributed by atoms with van der Waals surface area (Å²) < 4.78 is 7.18. The molecule has 25 heavy (non-hydrogen) atoms. The van der Waals surface area contributed by atoms with Crippen LogP contribution in [0.2, 0.25) is 0 Å². The standard InChI is InChI=1S/C19H19N3O3/c1-13(23)14-6-7-17(25-2)15(9-14)10-19(24)20-11-16-12-22-8-4-3-5-18(22)21-16/h3-9,12H,10-11H2,1-2H3,(H,20,24). The summed E-state index contributed by atoms with van der Waals surface area (Å²) in [5.41, 5.74) is 2.86. The van der Waals surface area contributed by atoms with Gasteiger partial charge in [0.1, 0.15) is 11.4 Å². The monoisotopic (exact) mass is 337 g/mol. The molecule has 6 heteroatoms. The third-order valence-electron chi connectivity index (χ3n) is 3.92. The van der Waals surface area contributed by atoms with E-state index in [2.05, 4.69) is 10.3 Å². The van der Waals surface area contributed by atoms with Gasteiger partial charge in [-0.25, -0.2) is 4.98 Å². The molecule has 0 atom stereocenters. The highest BCUT2D eigenvalue weighted by atomic mass is 16.5. The van der Waals surface area contributed by atoms with E-state index in [-0.39, 0.29) is 18.1 Å². The van der Waals surface area contributed by atoms with E-state index < -0.39 is 0 Å². The lowest BCUT2D eigenvalue weighted by molar-refractivity contribution is -0.120. The van der Waals surface area contributed by atoms with Gasteiger partial charge in [0.15, 0.2) is 5.78 Å². The molecule has 1 aromatic carbocycles. The lowest BCUT2D eigenvalue weighted by Crippen LogP contribution is -2.25. The number of aromatic nitrogens is 2. The van der Waals surface area contributed by atoms with Crippen molar-refractivity contribution in [2.75, 3.05) is 7.11 Å². The average Bonchev–Trinajstić information content (AvgIpc) is 3.03. The largest absolute Gasteiger partial charge is 0.496 e. The number of fused-ring (bicyclic) bond motifs is 1. The number of imidazole rings is 1. The molecule has 0 bridgehead atoms. The van der Waals surface area contributed by atoms with Gasteiger partial charge < -0.3 is 14.5 Å². The van der Waals surface area contributed by atoms with Gasteiger partial charge in [0, 0.05) is 23.5 Å². The summed E-state index contributed by atoms with van der Waals surface area (Å²) in [6.45, 7) is 1.84. The summed E-state index contributed by atoms with van der Waals surface area (Å²) in [4.78, 5) is 28.2. The zero-order valence-corrected chi connectivity index (χ0v) is 14.2. The number of rotatable bonds is 6. The predicted octanol–water partition coefficient (Wildman–Crippen LogP) is 2.40. The second kappa shape index (κ2) is 7.17. The molecule has 0 saturated carbocycles. The topological polar surface area (TPSA) is 72.7 Å². The molecule has 3 rings (SSSR count). The Morgan fingerprint density at radius 2 is 2.08 bits per heavy atom. The van der Waals surface area contributed by atoms with E-state index in [0.29, 0.717) is 23.4 Å². The van der Waals surface area contributed by atoms with Crippen molar-refractivity contribution in [3.05, 3.63) is 65.6 Å². The Balaban J connectivity index is 1.67. The maximum atomic E-state index is 12.3. The number of carbonyl (C=O) groups is 2. The first kappa shape index (κ1) is 16.7. The number of pyridine rings is 1. The lowest BCUT2D eigenvalue weighted by atomic mass is 10.0. The van der Waals surface area contributed by atoms with Crippen LogP contribution >= 0.6 is 0 Å². The van der Waals surface area contributed by atoms with Crippen LogP contribution in [0.3, 0.4) is 0 Å². The Kier molecular flexibility index (Phi) is 4.79. The fraction of sp³-hybridized carbons (Fsp3) is 0.211. The van der Waals surface area contributed by atoms with Crippen LogP contribution in [0.25, 0.3) is 5.65 Å². The van der Waals surface area contributed by atoms with Gasteiger partial charge in [-0.1, -0.05) is 6.07 Å². The minimum atomic E-state index is -0.156. The van der Waals surface area contributed by atoms with Gasteiger partial charge in [-0.15, -0.1) is 0 Å². The molecule has 0 saturated heterocycles. The van der Waals surface area contributed by atoms with Crippen molar-refractivity contribution >= 4 is 17.3 Å². The number of methoxy groups -OCH3 is 1. The molecule has 0 aliphatic carbocycles. The summed E-state index contributed by atoms with van der Waals surface area (Å²) in [5, 5.41) is 2.85. The summed E-state index contributed by atoms with van der Waals surface area (Å²) >= 11 is 0. The van der Waals surface area contributed by atoms with Gasteiger partial charge in [0.2, 0.25) is 5.91 Å². The van der Waals surface area contributed by atoms with Crippen molar-refractivity contribution in [1.82, 2.24) is 14.7 Å². The zero-order chi connectivity index (χ0) is 17.8. The van der Waals surface area contributed by atoms with Crippen molar-refractivity contribution < 1.29 is 14.3 Å². The Hall–Kier alpha value is -3.15. The molecule has 1 amide bonds. The molecule has 0 spiro atoms. The van der Waals surface area contributed by atoms with Gasteiger partial charge in [-0.05, 0) is 37.3 Å². The van der Waals surface area contributed by atoms with E-state index in [1.165, 1.54) is 6.92 Å². The maximum absolute atomic E-state index is 12.3. The van der Waals surface area contributed by atoms with Gasteiger partial charge in [0.25, 0.3) is 0 Å². The highest BCUT2D eigenvalue weighted by Gasteiger charge is 2.12. The normalized spacial score (nSPS) is 10.6. The number of Topliss-reactive ketones (excluding diaryl/α,β-unsaturated/α-hetero) is 1. The van der Waals surface area contributed by atoms with E-state index >= 15 is 0 Å². The maximum Gasteiger partial charge on any atom is 0.224 e. The van der Waals surface area contributed by atoms with E-state index in [0.717, 1.165) is 11.3 Å². The van der Waals surface area contributed by atoms with Crippen molar-refractivity contribution in [1.29, 1.82) is 0 Å². The Labute approximate surface area is 145 Å². The molecular weight excluding hydrogens is 318 g/mol. The minimum Gasteiger partial charge on any atom is -0.496 e. The van der Waals surface area contributed by atoms with Crippen molar-refractivity contribution in [2.24, 2.45) is 0 Å². The van der Waals surface area contributed by atoms with Crippen LogP contribution in [0.5, 0.6) is 5.75 Å². The summed E-state index contributed by atoms with van der Waals surface area (Å²) in [7, 11) is 1.54. The molecule has 0 fully saturated rings. The molecule has 0 unspecified atom stereocenters. The smallest absolute Gasteiger partial charge is 0.224 e. The zero-order valence-electron chi connectivity index (χ0n) is 14.2. The number of amides is 1. The van der Waals surface area contributed by atoms with Crippen LogP contribution < -0.4 is 10.1 Å². The summed E-state index contributed by atoms with van der Waals surface area (Å²) in [5.74, 6) is 0.387. The number of nitrogens with one attached hydrogen (secondary N) is 1. The van der Waals surface area contributed by atoms with Gasteiger partial charge in [0.05, 0.1) is 25.8 Å². The number of hydrogen-bond donors (Lipinski definition) is 1. The van der Waals surface area contributed by atoms with E-state index in [4.69, 9.17) is 4.74 Å². The molecule has 2 heterocycles. The van der Waals surface area contributed by atoms with Crippen molar-refractivity contribution in [3.63, 3.8) is 0 Å². The molecule has 2 aromatic heterocycles. The van der Waals surface area contributed by atoms with E-state index in [1.54, 1.807) is 25.3 Å². The highest BCUT2D eigenvalue weighted by molar-refractivity contribution is 5.94. The fourth-order valence-corrected chi connectivity index (χ4v) is 2.63. The molecule has 0 aliphatic rings. The highest BCUT2D eigenvalue weighted by Crippen LogP contribution is 2.21. The quantitative estimate of drug-likeness (QED) is 0.701. The van der Waals surface area contributed by atoms with Gasteiger partial charge in [-0.2, -0.15) is 0 Å². The Bertz CT molecular complexity index is 898. The Morgan fingerprint density at radius 3 is 2.80 bits per heavy atom. The molecular formula is C19H19N3O3. The fourth-order valence-electron chi connectivity index (χ4n) is 2.63. The van der Waals surface area contributed by atoms with E-state index in [1.807, 2.05) is 35.0 Å². The van der Waals surface area contributed by atoms with Crippen molar-refractivity contribution in [2.45, 2.75) is 19.9 Å². The predicted molar refractivity (Wildman–Crippen MR) is 93.7 cm³/mol. The Morgan fingerprint density at radius 1 is 1.24 bits per heavy atom. The minimum absolute atomic E-state index is 0.0472. The second-order valence-electron chi connectivity index (χ2n) is 5.73. The third-order valence-corrected chi connectivity index (χ3v) is 3.92. The third kappa shape index (κ3) is 3.85. The second-order valence-corrected chi connectivity index (χ2v) is 5.73. The number of ketones is 1. The molecule has 3 aromatic rings. The van der Waals surface area contributed by atoms with Crippen LogP contribution in [-0.4, -0.2) is 28.2 Å². The van der Waals surface area contributed by atoms with Crippen LogP contribution in [-0.2, 0) is 17.8 Å². The average molecular weight is 337 g/mol. The van der Waals surface area contributed by atoms with Gasteiger partial charge >= 0.3 is 0 Å².